The van der Waals surface area contributed by atoms with Crippen molar-refractivity contribution in [1.29, 1.82) is 5.26 Å². The molecule has 0 saturated heterocycles. The SMILES string of the molecule is Cc1oc2ccccc2c1OC(C)(C)C#N. The summed E-state index contributed by atoms with van der Waals surface area (Å²) < 4.78 is 11.2. The second-order valence-corrected chi connectivity index (χ2v) is 4.21. The van der Waals surface area contributed by atoms with Crippen LogP contribution in [0, 0.1) is 18.3 Å². The Hall–Kier alpha value is -1.95. The summed E-state index contributed by atoms with van der Waals surface area (Å²) in [5, 5.41) is 9.86. The number of fused-ring (bicyclic) bond motifs is 1. The number of hydrogen-bond acceptors (Lipinski definition) is 3. The van der Waals surface area contributed by atoms with Crippen LogP contribution in [0.2, 0.25) is 0 Å². The van der Waals surface area contributed by atoms with Crippen molar-refractivity contribution in [3.63, 3.8) is 0 Å². The molecule has 3 nitrogen and oxygen atoms in total. The summed E-state index contributed by atoms with van der Waals surface area (Å²) in [7, 11) is 0. The first-order valence-electron chi connectivity index (χ1n) is 5.12. The van der Waals surface area contributed by atoms with Crippen molar-refractivity contribution in [2.45, 2.75) is 26.4 Å². The van der Waals surface area contributed by atoms with Crippen molar-refractivity contribution in [2.75, 3.05) is 0 Å². The minimum Gasteiger partial charge on any atom is -0.469 e. The van der Waals surface area contributed by atoms with Gasteiger partial charge >= 0.3 is 0 Å². The van der Waals surface area contributed by atoms with Crippen LogP contribution in [0.25, 0.3) is 11.0 Å². The molecule has 2 aromatic rings. The molecule has 0 atom stereocenters. The Labute approximate surface area is 94.2 Å². The van der Waals surface area contributed by atoms with Gasteiger partial charge in [-0.25, -0.2) is 0 Å². The molecule has 0 spiro atoms. The van der Waals surface area contributed by atoms with Crippen molar-refractivity contribution >= 4 is 11.0 Å². The van der Waals surface area contributed by atoms with Gasteiger partial charge in [-0.15, -0.1) is 0 Å². The van der Waals surface area contributed by atoms with E-state index in [0.717, 1.165) is 11.0 Å². The van der Waals surface area contributed by atoms with Crippen molar-refractivity contribution in [3.05, 3.63) is 30.0 Å². The van der Waals surface area contributed by atoms with Gasteiger partial charge in [-0.2, -0.15) is 5.26 Å². The van der Waals surface area contributed by atoms with Crippen molar-refractivity contribution < 1.29 is 9.15 Å². The molecular weight excluding hydrogens is 202 g/mol. The lowest BCUT2D eigenvalue weighted by Gasteiger charge is -2.17. The molecule has 0 N–H and O–H groups in total. The molecule has 2 rings (SSSR count). The van der Waals surface area contributed by atoms with Gasteiger partial charge in [0.05, 0.1) is 5.39 Å². The van der Waals surface area contributed by atoms with Crippen LogP contribution in [0.5, 0.6) is 5.75 Å². The second-order valence-electron chi connectivity index (χ2n) is 4.21. The van der Waals surface area contributed by atoms with Crippen LogP contribution in [0.1, 0.15) is 19.6 Å². The summed E-state index contributed by atoms with van der Waals surface area (Å²) in [5.41, 5.74) is -0.0686. The molecule has 0 bridgehead atoms. The monoisotopic (exact) mass is 215 g/mol. The lowest BCUT2D eigenvalue weighted by atomic mass is 10.1. The van der Waals surface area contributed by atoms with Crippen LogP contribution in [0.15, 0.2) is 28.7 Å². The van der Waals surface area contributed by atoms with Crippen molar-refractivity contribution in [1.82, 2.24) is 0 Å². The Morgan fingerprint density at radius 1 is 1.31 bits per heavy atom. The van der Waals surface area contributed by atoms with Gasteiger partial charge in [-0.05, 0) is 32.9 Å². The van der Waals surface area contributed by atoms with E-state index in [1.54, 1.807) is 13.8 Å². The Morgan fingerprint density at radius 2 is 2.00 bits per heavy atom. The van der Waals surface area contributed by atoms with E-state index in [0.29, 0.717) is 11.5 Å². The van der Waals surface area contributed by atoms with E-state index >= 15 is 0 Å². The van der Waals surface area contributed by atoms with Crippen LogP contribution in [-0.2, 0) is 0 Å². The highest BCUT2D eigenvalue weighted by Crippen LogP contribution is 2.34. The Balaban J connectivity index is 2.53. The highest BCUT2D eigenvalue weighted by atomic mass is 16.5. The number of benzene rings is 1. The smallest absolute Gasteiger partial charge is 0.188 e. The van der Waals surface area contributed by atoms with Crippen LogP contribution in [-0.4, -0.2) is 5.60 Å². The summed E-state index contributed by atoms with van der Waals surface area (Å²) in [5.74, 6) is 1.35. The lowest BCUT2D eigenvalue weighted by Crippen LogP contribution is -2.25. The fourth-order valence-electron chi connectivity index (χ4n) is 1.55. The van der Waals surface area contributed by atoms with Gasteiger partial charge in [0.2, 0.25) is 0 Å². The average Bonchev–Trinajstić information content (AvgIpc) is 2.56. The molecular formula is C13H13NO2. The number of nitriles is 1. The van der Waals surface area contributed by atoms with E-state index in [1.807, 2.05) is 31.2 Å². The lowest BCUT2D eigenvalue weighted by molar-refractivity contribution is 0.168. The van der Waals surface area contributed by atoms with Crippen LogP contribution < -0.4 is 4.74 Å². The highest BCUT2D eigenvalue weighted by Gasteiger charge is 2.23. The summed E-state index contributed by atoms with van der Waals surface area (Å²) >= 11 is 0. The van der Waals surface area contributed by atoms with Gasteiger partial charge < -0.3 is 9.15 Å². The molecule has 0 aliphatic heterocycles. The summed E-state index contributed by atoms with van der Waals surface area (Å²) in [6.07, 6.45) is 0. The first-order chi connectivity index (χ1) is 7.53. The zero-order chi connectivity index (χ0) is 11.8. The predicted molar refractivity (Wildman–Crippen MR) is 61.3 cm³/mol. The molecule has 0 aliphatic carbocycles. The molecule has 1 heterocycles. The third-order valence-electron chi connectivity index (χ3n) is 2.34. The Kier molecular flexibility index (Phi) is 2.35. The third kappa shape index (κ3) is 1.74. The molecule has 0 aliphatic rings. The standard InChI is InChI=1S/C13H13NO2/c1-9-12(16-13(2,3)8-14)10-6-4-5-7-11(10)15-9/h4-7H,1-3H3. The molecule has 16 heavy (non-hydrogen) atoms. The number of para-hydroxylation sites is 1. The van der Waals surface area contributed by atoms with Crippen LogP contribution in [0.4, 0.5) is 0 Å². The fraction of sp³-hybridized carbons (Fsp3) is 0.308. The molecule has 82 valence electrons. The molecule has 0 radical (unpaired) electrons. The molecule has 0 saturated carbocycles. The summed E-state index contributed by atoms with van der Waals surface area (Å²) in [6.45, 7) is 5.30. The maximum absolute atomic E-state index is 8.95. The van der Waals surface area contributed by atoms with Gasteiger partial charge in [-0.3, -0.25) is 0 Å². The molecule has 1 aromatic carbocycles. The number of hydrogen-bond donors (Lipinski definition) is 0. The van der Waals surface area contributed by atoms with Gasteiger partial charge in [0.15, 0.2) is 11.4 Å². The number of rotatable bonds is 2. The first-order valence-corrected chi connectivity index (χ1v) is 5.12. The minimum atomic E-state index is -0.850. The first kappa shape index (κ1) is 10.6. The third-order valence-corrected chi connectivity index (χ3v) is 2.34. The van der Waals surface area contributed by atoms with E-state index in [9.17, 15) is 0 Å². The molecule has 0 fully saturated rings. The highest BCUT2D eigenvalue weighted by molar-refractivity contribution is 5.85. The number of ether oxygens (including phenoxy) is 1. The molecule has 0 unspecified atom stereocenters. The molecule has 3 heteroatoms. The Morgan fingerprint density at radius 3 is 2.69 bits per heavy atom. The van der Waals surface area contributed by atoms with E-state index in [1.165, 1.54) is 0 Å². The maximum Gasteiger partial charge on any atom is 0.188 e. The quantitative estimate of drug-likeness (QED) is 0.771. The summed E-state index contributed by atoms with van der Waals surface area (Å²) in [4.78, 5) is 0. The fourth-order valence-corrected chi connectivity index (χ4v) is 1.55. The van der Waals surface area contributed by atoms with E-state index in [2.05, 4.69) is 6.07 Å². The van der Waals surface area contributed by atoms with Crippen molar-refractivity contribution in [3.8, 4) is 11.8 Å². The average molecular weight is 215 g/mol. The minimum absolute atomic E-state index is 0.655. The van der Waals surface area contributed by atoms with Gasteiger partial charge in [-0.1, -0.05) is 12.1 Å². The van der Waals surface area contributed by atoms with Crippen LogP contribution in [0.3, 0.4) is 0 Å². The Bertz CT molecular complexity index is 561. The summed E-state index contributed by atoms with van der Waals surface area (Å²) in [6, 6.07) is 9.74. The number of nitrogens with zero attached hydrogens (tertiary/aromatic N) is 1. The zero-order valence-electron chi connectivity index (χ0n) is 9.57. The number of furan rings is 1. The second kappa shape index (κ2) is 3.57. The largest absolute Gasteiger partial charge is 0.469 e. The number of aryl methyl sites for hydroxylation is 1. The van der Waals surface area contributed by atoms with Gasteiger partial charge in [0, 0.05) is 0 Å². The normalized spacial score (nSPS) is 11.4. The predicted octanol–water partition coefficient (Wildman–Crippen LogP) is 3.42. The van der Waals surface area contributed by atoms with E-state index in [4.69, 9.17) is 14.4 Å². The van der Waals surface area contributed by atoms with E-state index in [-0.39, 0.29) is 0 Å². The van der Waals surface area contributed by atoms with E-state index < -0.39 is 5.60 Å². The topological polar surface area (TPSA) is 46.2 Å². The maximum atomic E-state index is 8.95. The van der Waals surface area contributed by atoms with Gasteiger partial charge in [0.25, 0.3) is 0 Å². The van der Waals surface area contributed by atoms with Gasteiger partial charge in [0.1, 0.15) is 17.4 Å². The molecule has 0 amide bonds. The van der Waals surface area contributed by atoms with Crippen LogP contribution >= 0.6 is 0 Å². The van der Waals surface area contributed by atoms with Crippen molar-refractivity contribution in [2.24, 2.45) is 0 Å². The zero-order valence-corrected chi connectivity index (χ0v) is 9.57. The molecule has 1 aromatic heterocycles.